The number of rotatable bonds is 8. The fraction of sp³-hybridized carbons (Fsp3) is 0.350. The van der Waals surface area contributed by atoms with Gasteiger partial charge in [-0.2, -0.15) is 0 Å². The molecule has 0 fully saturated rings. The molecule has 1 heterocycles. The monoisotopic (exact) mass is 420 g/mol. The molecule has 0 saturated carbocycles. The summed E-state index contributed by atoms with van der Waals surface area (Å²) in [6.07, 6.45) is 1.37. The molecule has 0 aliphatic carbocycles. The molecule has 1 N–H and O–H groups in total. The summed E-state index contributed by atoms with van der Waals surface area (Å²) in [5, 5.41) is 2.77. The molecule has 29 heavy (non-hydrogen) atoms. The van der Waals surface area contributed by atoms with Gasteiger partial charge in [0.15, 0.2) is 11.5 Å². The Labute approximate surface area is 170 Å². The third kappa shape index (κ3) is 4.73. The van der Waals surface area contributed by atoms with Gasteiger partial charge in [0.05, 0.1) is 18.6 Å². The molecule has 8 nitrogen and oxygen atoms in total. The summed E-state index contributed by atoms with van der Waals surface area (Å²) < 4.78 is 42.2. The Hall–Kier alpha value is -2.94. The highest BCUT2D eigenvalue weighted by atomic mass is 32.2. The van der Waals surface area contributed by atoms with Crippen molar-refractivity contribution < 1.29 is 27.4 Å². The van der Waals surface area contributed by atoms with Gasteiger partial charge in [-0.25, -0.2) is 8.42 Å². The predicted octanol–water partition coefficient (Wildman–Crippen LogP) is 3.00. The van der Waals surface area contributed by atoms with Crippen LogP contribution in [0.1, 0.15) is 20.3 Å². The predicted molar refractivity (Wildman–Crippen MR) is 110 cm³/mol. The minimum Gasteiger partial charge on any atom is -0.494 e. The Morgan fingerprint density at radius 3 is 2.45 bits per heavy atom. The molecule has 0 unspecified atom stereocenters. The minimum absolute atomic E-state index is 0.129. The summed E-state index contributed by atoms with van der Waals surface area (Å²) in [5.41, 5.74) is 0.890. The number of hydrogen-bond acceptors (Lipinski definition) is 6. The molecule has 9 heteroatoms. The van der Waals surface area contributed by atoms with Crippen LogP contribution in [-0.4, -0.2) is 40.0 Å². The zero-order valence-corrected chi connectivity index (χ0v) is 17.4. The lowest BCUT2D eigenvalue weighted by Gasteiger charge is -2.30. The maximum Gasteiger partial charge on any atom is 0.248 e. The second kappa shape index (κ2) is 8.60. The number of anilines is 2. The highest BCUT2D eigenvalue weighted by molar-refractivity contribution is 7.92. The summed E-state index contributed by atoms with van der Waals surface area (Å²) in [5.74, 6) is 1.32. The second-order valence-electron chi connectivity index (χ2n) is 6.47. The first kappa shape index (κ1) is 20.8. The van der Waals surface area contributed by atoms with Gasteiger partial charge < -0.3 is 19.5 Å². The lowest BCUT2D eigenvalue weighted by Crippen LogP contribution is -2.46. The summed E-state index contributed by atoms with van der Waals surface area (Å²) in [4.78, 5) is 13.0. The molecule has 1 aliphatic heterocycles. The van der Waals surface area contributed by atoms with Crippen molar-refractivity contribution in [3.63, 3.8) is 0 Å². The Kier molecular flexibility index (Phi) is 6.17. The van der Waals surface area contributed by atoms with E-state index in [1.54, 1.807) is 49.4 Å². The van der Waals surface area contributed by atoms with Crippen LogP contribution in [0.25, 0.3) is 0 Å². The fourth-order valence-corrected chi connectivity index (χ4v) is 4.33. The first-order valence-electron chi connectivity index (χ1n) is 9.26. The first-order chi connectivity index (χ1) is 13.8. The van der Waals surface area contributed by atoms with E-state index in [4.69, 9.17) is 14.2 Å². The number of fused-ring (bicyclic) bond motifs is 1. The molecule has 2 aromatic rings. The molecule has 0 aromatic heterocycles. The quantitative estimate of drug-likeness (QED) is 0.706. The van der Waals surface area contributed by atoms with E-state index in [0.717, 1.165) is 10.6 Å². The van der Waals surface area contributed by atoms with Crippen LogP contribution in [0, 0.1) is 0 Å². The van der Waals surface area contributed by atoms with E-state index < -0.39 is 22.0 Å². The fourth-order valence-electron chi connectivity index (χ4n) is 3.12. The van der Waals surface area contributed by atoms with E-state index in [1.165, 1.54) is 0 Å². The number of benzene rings is 2. The molecule has 0 radical (unpaired) electrons. The van der Waals surface area contributed by atoms with Crippen molar-refractivity contribution in [2.75, 3.05) is 29.3 Å². The average Bonchev–Trinajstić information content (AvgIpc) is 3.14. The average molecular weight is 420 g/mol. The van der Waals surface area contributed by atoms with Gasteiger partial charge in [-0.15, -0.1) is 0 Å². The van der Waals surface area contributed by atoms with Crippen LogP contribution in [-0.2, 0) is 14.8 Å². The zero-order valence-electron chi connectivity index (χ0n) is 16.5. The van der Waals surface area contributed by atoms with Crippen LogP contribution in [0.4, 0.5) is 11.4 Å². The highest BCUT2D eigenvalue weighted by Gasteiger charge is 2.31. The van der Waals surface area contributed by atoms with Crippen molar-refractivity contribution in [2.24, 2.45) is 0 Å². The SMILES string of the molecule is CCOc1ccc(N([C@@H](CC)C(=O)Nc2ccc3c(c2)OCO3)S(C)(=O)=O)cc1. The van der Waals surface area contributed by atoms with Crippen LogP contribution in [0.3, 0.4) is 0 Å². The number of carbonyl (C=O) groups excluding carboxylic acids is 1. The lowest BCUT2D eigenvalue weighted by molar-refractivity contribution is -0.117. The van der Waals surface area contributed by atoms with E-state index in [-0.39, 0.29) is 13.2 Å². The van der Waals surface area contributed by atoms with E-state index in [2.05, 4.69) is 5.32 Å². The van der Waals surface area contributed by atoms with Crippen LogP contribution >= 0.6 is 0 Å². The Balaban J connectivity index is 1.86. The van der Waals surface area contributed by atoms with Crippen LogP contribution < -0.4 is 23.8 Å². The molecule has 2 aromatic carbocycles. The Morgan fingerprint density at radius 1 is 1.14 bits per heavy atom. The van der Waals surface area contributed by atoms with Gasteiger partial charge in [-0.05, 0) is 49.7 Å². The van der Waals surface area contributed by atoms with Crippen molar-refractivity contribution >= 4 is 27.3 Å². The lowest BCUT2D eigenvalue weighted by atomic mass is 10.1. The van der Waals surface area contributed by atoms with Gasteiger partial charge in [0.1, 0.15) is 11.8 Å². The summed E-state index contributed by atoms with van der Waals surface area (Å²) in [6.45, 7) is 4.26. The number of ether oxygens (including phenoxy) is 3. The maximum atomic E-state index is 13.0. The van der Waals surface area contributed by atoms with Gasteiger partial charge in [-0.3, -0.25) is 9.10 Å². The van der Waals surface area contributed by atoms with Crippen LogP contribution in [0.2, 0.25) is 0 Å². The van der Waals surface area contributed by atoms with Gasteiger partial charge in [0.2, 0.25) is 22.7 Å². The van der Waals surface area contributed by atoms with E-state index in [0.29, 0.717) is 35.2 Å². The molecule has 156 valence electrons. The molecule has 0 bridgehead atoms. The molecule has 0 spiro atoms. The zero-order chi connectivity index (χ0) is 21.0. The highest BCUT2D eigenvalue weighted by Crippen LogP contribution is 2.34. The molecule has 3 rings (SSSR count). The molecule has 1 aliphatic rings. The van der Waals surface area contributed by atoms with Gasteiger partial charge in [-0.1, -0.05) is 6.92 Å². The number of carbonyl (C=O) groups is 1. The van der Waals surface area contributed by atoms with E-state index in [1.807, 2.05) is 6.92 Å². The first-order valence-corrected chi connectivity index (χ1v) is 11.1. The summed E-state index contributed by atoms with van der Waals surface area (Å²) >= 11 is 0. The largest absolute Gasteiger partial charge is 0.494 e. The van der Waals surface area contributed by atoms with Crippen molar-refractivity contribution in [3.05, 3.63) is 42.5 Å². The van der Waals surface area contributed by atoms with Gasteiger partial charge >= 0.3 is 0 Å². The minimum atomic E-state index is -3.71. The smallest absolute Gasteiger partial charge is 0.248 e. The molecule has 0 saturated heterocycles. The number of nitrogens with zero attached hydrogens (tertiary/aromatic N) is 1. The maximum absolute atomic E-state index is 13.0. The Bertz CT molecular complexity index is 975. The van der Waals surface area contributed by atoms with E-state index >= 15 is 0 Å². The van der Waals surface area contributed by atoms with Crippen molar-refractivity contribution in [3.8, 4) is 17.2 Å². The van der Waals surface area contributed by atoms with Crippen LogP contribution in [0.15, 0.2) is 42.5 Å². The third-order valence-corrected chi connectivity index (χ3v) is 5.55. The van der Waals surface area contributed by atoms with Gasteiger partial charge in [0, 0.05) is 11.8 Å². The molecule has 1 amide bonds. The van der Waals surface area contributed by atoms with Crippen LogP contribution in [0.5, 0.6) is 17.2 Å². The number of amides is 1. The van der Waals surface area contributed by atoms with Crippen molar-refractivity contribution in [1.29, 1.82) is 0 Å². The molecular formula is C20H24N2O6S. The number of sulfonamides is 1. The molecule has 1 atom stereocenters. The normalized spacial score (nSPS) is 13.6. The number of hydrogen-bond donors (Lipinski definition) is 1. The molecular weight excluding hydrogens is 396 g/mol. The van der Waals surface area contributed by atoms with E-state index in [9.17, 15) is 13.2 Å². The standard InChI is InChI=1S/C20H24N2O6S/c1-4-17(20(23)21-14-6-11-18-19(12-14)28-13-27-18)22(29(3,24)25)15-7-9-16(10-8-15)26-5-2/h6-12,17H,4-5,13H2,1-3H3,(H,21,23)/t17-/m0/s1. The van der Waals surface area contributed by atoms with Gasteiger partial charge in [0.25, 0.3) is 0 Å². The number of nitrogens with one attached hydrogen (secondary N) is 1. The third-order valence-electron chi connectivity index (χ3n) is 4.37. The topological polar surface area (TPSA) is 94.2 Å². The van der Waals surface area contributed by atoms with Crippen molar-refractivity contribution in [2.45, 2.75) is 26.3 Å². The summed E-state index contributed by atoms with van der Waals surface area (Å²) in [7, 11) is -3.71. The Morgan fingerprint density at radius 2 is 1.83 bits per heavy atom. The van der Waals surface area contributed by atoms with Crippen molar-refractivity contribution in [1.82, 2.24) is 0 Å². The summed E-state index contributed by atoms with van der Waals surface area (Å²) in [6, 6.07) is 10.7. The second-order valence-corrected chi connectivity index (χ2v) is 8.33.